The van der Waals surface area contributed by atoms with Crippen LogP contribution < -0.4 is 10.2 Å². The van der Waals surface area contributed by atoms with Crippen LogP contribution >= 0.6 is 0 Å². The number of likely N-dealkylation sites (N-methyl/N-ethyl adjacent to an activating group) is 1. The molecular weight excluding hydrogens is 304 g/mol. The number of anilines is 2. The van der Waals surface area contributed by atoms with E-state index >= 15 is 0 Å². The van der Waals surface area contributed by atoms with Crippen molar-refractivity contribution in [2.45, 2.75) is 45.1 Å². The van der Waals surface area contributed by atoms with E-state index in [4.69, 9.17) is 4.74 Å². The normalized spacial score (nSPS) is 20.9. The Morgan fingerprint density at radius 3 is 2.92 bits per heavy atom. The van der Waals surface area contributed by atoms with Gasteiger partial charge in [-0.25, -0.2) is 9.78 Å². The van der Waals surface area contributed by atoms with Crippen LogP contribution in [0.3, 0.4) is 0 Å². The molecule has 1 N–H and O–H groups in total. The van der Waals surface area contributed by atoms with Crippen LogP contribution in [0.2, 0.25) is 0 Å². The molecule has 2 fully saturated rings. The quantitative estimate of drug-likeness (QED) is 0.900. The Balaban J connectivity index is 1.66. The number of nitrogens with one attached hydrogen (secondary N) is 1. The van der Waals surface area contributed by atoms with Gasteiger partial charge in [-0.15, -0.1) is 0 Å². The van der Waals surface area contributed by atoms with E-state index in [9.17, 15) is 4.79 Å². The molecule has 3 heterocycles. The molecular formula is C18H28N4O2. The fraction of sp³-hybridized carbons (Fsp3) is 0.667. The van der Waals surface area contributed by atoms with Crippen molar-refractivity contribution in [3.8, 4) is 0 Å². The molecule has 1 unspecified atom stereocenters. The van der Waals surface area contributed by atoms with Crippen molar-refractivity contribution in [2.75, 3.05) is 43.0 Å². The minimum absolute atomic E-state index is 0.0701. The number of rotatable bonds is 5. The van der Waals surface area contributed by atoms with Crippen LogP contribution in [0, 0.1) is 0 Å². The number of carbonyl (C=O) groups excluding carboxylic acids is 1. The van der Waals surface area contributed by atoms with Gasteiger partial charge in [0.1, 0.15) is 0 Å². The summed E-state index contributed by atoms with van der Waals surface area (Å²) in [5.74, 6) is 0.888. The summed E-state index contributed by atoms with van der Waals surface area (Å²) in [5, 5.41) is 3.06. The average Bonchev–Trinajstić information content (AvgIpc) is 3.14. The lowest BCUT2D eigenvalue weighted by atomic mass is 10.1. The van der Waals surface area contributed by atoms with Gasteiger partial charge in [0, 0.05) is 39.0 Å². The number of hydrogen-bond donors (Lipinski definition) is 1. The third-order valence-corrected chi connectivity index (χ3v) is 4.80. The first-order valence-electron chi connectivity index (χ1n) is 9.15. The van der Waals surface area contributed by atoms with Gasteiger partial charge in [-0.1, -0.05) is 0 Å². The SMILES string of the molecule is CCN(CC1CCCO1)C(=O)Nc1cccnc1N1CCCCC1. The third kappa shape index (κ3) is 4.17. The van der Waals surface area contributed by atoms with Crippen molar-refractivity contribution in [1.29, 1.82) is 0 Å². The number of pyridine rings is 1. The molecule has 2 aliphatic heterocycles. The number of piperidine rings is 1. The van der Waals surface area contributed by atoms with Gasteiger partial charge < -0.3 is 19.9 Å². The second-order valence-corrected chi connectivity index (χ2v) is 6.53. The average molecular weight is 332 g/mol. The van der Waals surface area contributed by atoms with Crippen molar-refractivity contribution in [2.24, 2.45) is 0 Å². The van der Waals surface area contributed by atoms with Gasteiger partial charge in [0.05, 0.1) is 11.8 Å². The molecule has 1 aromatic heterocycles. The Labute approximate surface area is 144 Å². The van der Waals surface area contributed by atoms with E-state index in [1.54, 1.807) is 6.20 Å². The van der Waals surface area contributed by atoms with Crippen LogP contribution in [0.5, 0.6) is 0 Å². The van der Waals surface area contributed by atoms with Crippen LogP contribution in [-0.2, 0) is 4.74 Å². The van der Waals surface area contributed by atoms with Gasteiger partial charge in [0.2, 0.25) is 0 Å². The summed E-state index contributed by atoms with van der Waals surface area (Å²) in [5.41, 5.74) is 0.801. The maximum absolute atomic E-state index is 12.7. The molecule has 1 aromatic rings. The standard InChI is InChI=1S/C18H28N4O2/c1-2-21(14-15-8-7-13-24-15)18(23)20-16-9-6-10-19-17(16)22-11-4-3-5-12-22/h6,9-10,15H,2-5,7-8,11-14H2,1H3,(H,20,23). The van der Waals surface area contributed by atoms with E-state index in [2.05, 4.69) is 15.2 Å². The summed E-state index contributed by atoms with van der Waals surface area (Å²) >= 11 is 0. The Bertz CT molecular complexity index is 540. The highest BCUT2D eigenvalue weighted by Crippen LogP contribution is 2.26. The second-order valence-electron chi connectivity index (χ2n) is 6.53. The largest absolute Gasteiger partial charge is 0.376 e. The van der Waals surface area contributed by atoms with Crippen LogP contribution in [-0.4, -0.2) is 54.8 Å². The summed E-state index contributed by atoms with van der Waals surface area (Å²) in [6.07, 6.45) is 7.74. The van der Waals surface area contributed by atoms with Gasteiger partial charge >= 0.3 is 6.03 Å². The fourth-order valence-corrected chi connectivity index (χ4v) is 3.44. The topological polar surface area (TPSA) is 57.7 Å². The van der Waals surface area contributed by atoms with Crippen LogP contribution in [0.15, 0.2) is 18.3 Å². The number of hydrogen-bond acceptors (Lipinski definition) is 4. The molecule has 0 aliphatic carbocycles. The summed E-state index contributed by atoms with van der Waals surface area (Å²) < 4.78 is 5.66. The smallest absolute Gasteiger partial charge is 0.322 e. The fourth-order valence-electron chi connectivity index (χ4n) is 3.44. The zero-order valence-corrected chi connectivity index (χ0v) is 14.5. The molecule has 0 bridgehead atoms. The molecule has 1 atom stereocenters. The Kier molecular flexibility index (Phi) is 5.91. The van der Waals surface area contributed by atoms with Crippen molar-refractivity contribution in [3.63, 3.8) is 0 Å². The number of carbonyl (C=O) groups is 1. The number of amides is 2. The van der Waals surface area contributed by atoms with Gasteiger partial charge in [-0.2, -0.15) is 0 Å². The van der Waals surface area contributed by atoms with Gasteiger partial charge in [0.25, 0.3) is 0 Å². The predicted octanol–water partition coefficient (Wildman–Crippen LogP) is 3.10. The zero-order valence-electron chi connectivity index (χ0n) is 14.5. The maximum atomic E-state index is 12.7. The zero-order chi connectivity index (χ0) is 16.8. The molecule has 132 valence electrons. The van der Waals surface area contributed by atoms with Crippen LogP contribution in [0.4, 0.5) is 16.3 Å². The summed E-state index contributed by atoms with van der Waals surface area (Å²) in [6, 6.07) is 3.74. The minimum atomic E-state index is -0.0701. The first kappa shape index (κ1) is 17.0. The summed E-state index contributed by atoms with van der Waals surface area (Å²) in [6.45, 7) is 6.15. The number of nitrogens with zero attached hydrogens (tertiary/aromatic N) is 3. The molecule has 0 saturated carbocycles. The Morgan fingerprint density at radius 2 is 2.21 bits per heavy atom. The molecule has 0 radical (unpaired) electrons. The Morgan fingerprint density at radius 1 is 1.38 bits per heavy atom. The lowest BCUT2D eigenvalue weighted by Gasteiger charge is -2.30. The minimum Gasteiger partial charge on any atom is -0.376 e. The highest BCUT2D eigenvalue weighted by molar-refractivity contribution is 5.92. The first-order chi connectivity index (χ1) is 11.8. The monoisotopic (exact) mass is 332 g/mol. The number of ether oxygens (including phenoxy) is 1. The van der Waals surface area contributed by atoms with E-state index in [1.165, 1.54) is 19.3 Å². The molecule has 2 aliphatic rings. The van der Waals surface area contributed by atoms with Gasteiger partial charge in [-0.3, -0.25) is 0 Å². The summed E-state index contributed by atoms with van der Waals surface area (Å²) in [7, 11) is 0. The van der Waals surface area contributed by atoms with Crippen LogP contribution in [0.1, 0.15) is 39.0 Å². The van der Waals surface area contributed by atoms with Gasteiger partial charge in [-0.05, 0) is 51.2 Å². The molecule has 0 aromatic carbocycles. The second kappa shape index (κ2) is 8.33. The highest BCUT2D eigenvalue weighted by Gasteiger charge is 2.23. The van der Waals surface area contributed by atoms with Crippen LogP contribution in [0.25, 0.3) is 0 Å². The highest BCUT2D eigenvalue weighted by atomic mass is 16.5. The van der Waals surface area contributed by atoms with Crippen molar-refractivity contribution in [1.82, 2.24) is 9.88 Å². The molecule has 0 spiro atoms. The molecule has 2 saturated heterocycles. The molecule has 2 amide bonds. The van der Waals surface area contributed by atoms with Crippen molar-refractivity contribution >= 4 is 17.5 Å². The van der Waals surface area contributed by atoms with Crippen molar-refractivity contribution < 1.29 is 9.53 Å². The summed E-state index contributed by atoms with van der Waals surface area (Å²) in [4.78, 5) is 21.3. The van der Waals surface area contributed by atoms with E-state index < -0.39 is 0 Å². The third-order valence-electron chi connectivity index (χ3n) is 4.80. The molecule has 24 heavy (non-hydrogen) atoms. The molecule has 6 nitrogen and oxygen atoms in total. The lowest BCUT2D eigenvalue weighted by Crippen LogP contribution is -2.40. The first-order valence-corrected chi connectivity index (χ1v) is 9.15. The maximum Gasteiger partial charge on any atom is 0.322 e. The molecule has 6 heteroatoms. The number of urea groups is 1. The molecule has 3 rings (SSSR count). The van der Waals surface area contributed by atoms with E-state index in [0.29, 0.717) is 13.1 Å². The van der Waals surface area contributed by atoms with Crippen molar-refractivity contribution in [3.05, 3.63) is 18.3 Å². The van der Waals surface area contributed by atoms with E-state index in [-0.39, 0.29) is 12.1 Å². The lowest BCUT2D eigenvalue weighted by molar-refractivity contribution is 0.0849. The van der Waals surface area contributed by atoms with Gasteiger partial charge in [0.15, 0.2) is 5.82 Å². The number of aromatic nitrogens is 1. The van der Waals surface area contributed by atoms with E-state index in [1.807, 2.05) is 24.0 Å². The Hall–Kier alpha value is -1.82. The van der Waals surface area contributed by atoms with E-state index in [0.717, 1.165) is 44.0 Å². The predicted molar refractivity (Wildman–Crippen MR) is 95.5 cm³/mol.